The summed E-state index contributed by atoms with van der Waals surface area (Å²) >= 11 is 0. The van der Waals surface area contributed by atoms with Gasteiger partial charge in [-0.25, -0.2) is 0 Å². The number of halogens is 3. The number of hydrogen-bond donors (Lipinski definition) is 0. The molecule has 1 heterocycles. The Morgan fingerprint density at radius 3 is 2.50 bits per heavy atom. The maximum atomic E-state index is 12.2. The smallest absolute Gasteiger partial charge is 0.492 e. The molecule has 11 heteroatoms. The SMILES string of the molecule is CCOC(=O)Cc1nc([N+](=O)[O-])c(OC(F)(F)F)cc1OC. The van der Waals surface area contributed by atoms with Gasteiger partial charge in [-0.1, -0.05) is 0 Å². The number of ether oxygens (including phenoxy) is 3. The monoisotopic (exact) mass is 324 g/mol. The fourth-order valence-electron chi connectivity index (χ4n) is 1.49. The van der Waals surface area contributed by atoms with Gasteiger partial charge in [0.1, 0.15) is 6.42 Å². The van der Waals surface area contributed by atoms with Crippen LogP contribution in [0.3, 0.4) is 0 Å². The maximum Gasteiger partial charge on any atom is 0.573 e. The van der Waals surface area contributed by atoms with E-state index in [0.29, 0.717) is 6.07 Å². The highest BCUT2D eigenvalue weighted by Crippen LogP contribution is 2.35. The summed E-state index contributed by atoms with van der Waals surface area (Å²) in [4.78, 5) is 24.4. The lowest BCUT2D eigenvalue weighted by atomic mass is 10.2. The summed E-state index contributed by atoms with van der Waals surface area (Å²) in [6, 6.07) is 0.646. The zero-order valence-electron chi connectivity index (χ0n) is 11.5. The lowest BCUT2D eigenvalue weighted by Crippen LogP contribution is -2.19. The minimum absolute atomic E-state index is 0.0680. The molecule has 0 saturated carbocycles. The number of nitro groups is 1. The van der Waals surface area contributed by atoms with Gasteiger partial charge in [0, 0.05) is 6.07 Å². The topological polar surface area (TPSA) is 101 Å². The largest absolute Gasteiger partial charge is 0.573 e. The van der Waals surface area contributed by atoms with Gasteiger partial charge in [0.25, 0.3) is 0 Å². The summed E-state index contributed by atoms with van der Waals surface area (Å²) in [6.07, 6.45) is -5.63. The molecule has 0 radical (unpaired) electrons. The molecule has 0 unspecified atom stereocenters. The Labute approximate surface area is 121 Å². The fraction of sp³-hybridized carbons (Fsp3) is 0.455. The molecule has 1 rings (SSSR count). The van der Waals surface area contributed by atoms with Gasteiger partial charge in [-0.05, 0) is 16.8 Å². The summed E-state index contributed by atoms with van der Waals surface area (Å²) in [6.45, 7) is 1.61. The zero-order valence-corrected chi connectivity index (χ0v) is 11.5. The van der Waals surface area contributed by atoms with Gasteiger partial charge in [0.15, 0.2) is 5.75 Å². The number of aromatic nitrogens is 1. The number of carbonyl (C=O) groups is 1. The molecule has 0 amide bonds. The standard InChI is InChI=1S/C11H11F3N2O6/c1-3-21-9(17)4-6-7(20-2)5-8(22-11(12,13)14)10(15-6)16(18)19/h5H,3-4H2,1-2H3. The second-order valence-corrected chi connectivity index (χ2v) is 3.75. The van der Waals surface area contributed by atoms with Gasteiger partial charge in [-0.2, -0.15) is 0 Å². The summed E-state index contributed by atoms with van der Waals surface area (Å²) in [7, 11) is 1.11. The predicted octanol–water partition coefficient (Wildman–Crippen LogP) is 2.00. The Bertz CT molecular complexity index is 576. The molecule has 22 heavy (non-hydrogen) atoms. The van der Waals surface area contributed by atoms with E-state index in [4.69, 9.17) is 4.74 Å². The van der Waals surface area contributed by atoms with E-state index < -0.39 is 35.2 Å². The zero-order chi connectivity index (χ0) is 16.9. The van der Waals surface area contributed by atoms with E-state index in [1.165, 1.54) is 0 Å². The van der Waals surface area contributed by atoms with Crippen LogP contribution >= 0.6 is 0 Å². The van der Waals surface area contributed by atoms with Gasteiger partial charge in [-0.3, -0.25) is 4.79 Å². The molecule has 1 aromatic rings. The van der Waals surface area contributed by atoms with Gasteiger partial charge < -0.3 is 24.3 Å². The van der Waals surface area contributed by atoms with Crippen LogP contribution in [0.5, 0.6) is 11.5 Å². The lowest BCUT2D eigenvalue weighted by Gasteiger charge is -2.11. The first-order valence-electron chi connectivity index (χ1n) is 5.81. The van der Waals surface area contributed by atoms with Crippen LogP contribution < -0.4 is 9.47 Å². The molecule has 0 aliphatic heterocycles. The van der Waals surface area contributed by atoms with Crippen LogP contribution in [-0.4, -0.2) is 36.0 Å². The number of methoxy groups -OCH3 is 1. The Morgan fingerprint density at radius 1 is 1.41 bits per heavy atom. The maximum absolute atomic E-state index is 12.2. The molecule has 0 aliphatic carbocycles. The molecule has 0 atom stereocenters. The molecule has 8 nitrogen and oxygen atoms in total. The summed E-state index contributed by atoms with van der Waals surface area (Å²) in [5.41, 5.74) is -0.234. The Morgan fingerprint density at radius 2 is 2.05 bits per heavy atom. The Balaban J connectivity index is 3.27. The van der Waals surface area contributed by atoms with Crippen molar-refractivity contribution in [3.05, 3.63) is 21.9 Å². The molecule has 0 bridgehead atoms. The number of alkyl halides is 3. The normalized spacial score (nSPS) is 11.0. The molecule has 0 aromatic carbocycles. The molecule has 1 aromatic heterocycles. The van der Waals surface area contributed by atoms with Gasteiger partial charge >= 0.3 is 18.1 Å². The number of rotatable bonds is 6. The molecule has 122 valence electrons. The summed E-state index contributed by atoms with van der Waals surface area (Å²) in [5, 5.41) is 10.8. The van der Waals surface area contributed by atoms with Crippen LogP contribution in [0, 0.1) is 10.1 Å². The van der Waals surface area contributed by atoms with E-state index in [2.05, 4.69) is 14.5 Å². The second-order valence-electron chi connectivity index (χ2n) is 3.75. The van der Waals surface area contributed by atoms with Crippen molar-refractivity contribution in [3.8, 4) is 11.5 Å². The molecule has 0 saturated heterocycles. The first kappa shape index (κ1) is 17.5. The quantitative estimate of drug-likeness (QED) is 0.448. The average molecular weight is 324 g/mol. The molecule has 0 aliphatic rings. The van der Waals surface area contributed by atoms with Crippen molar-refractivity contribution < 1.29 is 37.1 Å². The molecule has 0 spiro atoms. The minimum Gasteiger partial charge on any atom is -0.492 e. The van der Waals surface area contributed by atoms with Crippen LogP contribution in [-0.2, 0) is 16.0 Å². The predicted molar refractivity (Wildman–Crippen MR) is 64.5 cm³/mol. The van der Waals surface area contributed by atoms with Crippen molar-refractivity contribution in [1.29, 1.82) is 0 Å². The van der Waals surface area contributed by atoms with E-state index in [0.717, 1.165) is 7.11 Å². The lowest BCUT2D eigenvalue weighted by molar-refractivity contribution is -0.393. The Hall–Kier alpha value is -2.59. The third-order valence-electron chi connectivity index (χ3n) is 2.24. The van der Waals surface area contributed by atoms with E-state index in [-0.39, 0.29) is 18.1 Å². The van der Waals surface area contributed by atoms with Crippen molar-refractivity contribution in [2.24, 2.45) is 0 Å². The van der Waals surface area contributed by atoms with Crippen LogP contribution in [0.25, 0.3) is 0 Å². The van der Waals surface area contributed by atoms with Crippen molar-refractivity contribution in [3.63, 3.8) is 0 Å². The summed E-state index contributed by atoms with van der Waals surface area (Å²) < 4.78 is 49.7. The molecular weight excluding hydrogens is 313 g/mol. The van der Waals surface area contributed by atoms with Crippen molar-refractivity contribution >= 4 is 11.8 Å². The molecule has 0 fully saturated rings. The fourth-order valence-corrected chi connectivity index (χ4v) is 1.49. The van der Waals surface area contributed by atoms with Crippen LogP contribution in [0.4, 0.5) is 19.0 Å². The number of nitrogens with zero attached hydrogens (tertiary/aromatic N) is 2. The summed E-state index contributed by atoms with van der Waals surface area (Å²) in [5.74, 6) is -3.34. The van der Waals surface area contributed by atoms with Gasteiger partial charge in [0.2, 0.25) is 11.4 Å². The number of hydrogen-bond acceptors (Lipinski definition) is 7. The molecule has 0 N–H and O–H groups in total. The first-order valence-corrected chi connectivity index (χ1v) is 5.81. The van der Waals surface area contributed by atoms with E-state index in [1.54, 1.807) is 6.92 Å². The highest BCUT2D eigenvalue weighted by Gasteiger charge is 2.36. The minimum atomic E-state index is -5.14. The Kier molecular flexibility index (Phi) is 5.49. The average Bonchev–Trinajstić information content (AvgIpc) is 2.38. The van der Waals surface area contributed by atoms with Crippen LogP contribution in [0.1, 0.15) is 12.6 Å². The van der Waals surface area contributed by atoms with Crippen molar-refractivity contribution in [2.75, 3.05) is 13.7 Å². The van der Waals surface area contributed by atoms with E-state index in [1.807, 2.05) is 0 Å². The van der Waals surface area contributed by atoms with Crippen LogP contribution in [0.2, 0.25) is 0 Å². The number of carbonyl (C=O) groups excluding carboxylic acids is 1. The van der Waals surface area contributed by atoms with Gasteiger partial charge in [-0.15, -0.1) is 13.2 Å². The van der Waals surface area contributed by atoms with E-state index >= 15 is 0 Å². The van der Waals surface area contributed by atoms with E-state index in [9.17, 15) is 28.1 Å². The third-order valence-corrected chi connectivity index (χ3v) is 2.24. The van der Waals surface area contributed by atoms with Crippen molar-refractivity contribution in [1.82, 2.24) is 4.98 Å². The number of esters is 1. The third kappa shape index (κ3) is 4.75. The highest BCUT2D eigenvalue weighted by molar-refractivity contribution is 5.73. The van der Waals surface area contributed by atoms with Gasteiger partial charge in [0.05, 0.1) is 13.7 Å². The highest BCUT2D eigenvalue weighted by atomic mass is 19.4. The van der Waals surface area contributed by atoms with Crippen LogP contribution in [0.15, 0.2) is 6.07 Å². The number of pyridine rings is 1. The first-order chi connectivity index (χ1) is 10.2. The van der Waals surface area contributed by atoms with Crippen molar-refractivity contribution in [2.45, 2.75) is 19.7 Å². The second kappa shape index (κ2) is 6.91. The molecular formula is C11H11F3N2O6.